The second kappa shape index (κ2) is 6.67. The van der Waals surface area contributed by atoms with Crippen LogP contribution in [0, 0.1) is 0 Å². The van der Waals surface area contributed by atoms with E-state index >= 15 is 0 Å². The molecule has 0 saturated carbocycles. The van der Waals surface area contributed by atoms with Gasteiger partial charge in [0.25, 0.3) is 0 Å². The second-order valence-electron chi connectivity index (χ2n) is 5.05. The zero-order chi connectivity index (χ0) is 14.5. The quantitative estimate of drug-likeness (QED) is 0.828. The van der Waals surface area contributed by atoms with E-state index in [2.05, 4.69) is 37.4 Å². The van der Waals surface area contributed by atoms with E-state index in [1.165, 1.54) is 5.56 Å². The maximum atomic E-state index is 6.05. The monoisotopic (exact) mass is 289 g/mol. The molecule has 0 aromatic heterocycles. The Bertz CT molecular complexity index is 581. The Hall–Kier alpha value is -1.67. The van der Waals surface area contributed by atoms with Crippen LogP contribution in [0.15, 0.2) is 42.5 Å². The molecule has 0 aliphatic carbocycles. The van der Waals surface area contributed by atoms with Crippen LogP contribution in [0.3, 0.4) is 0 Å². The summed E-state index contributed by atoms with van der Waals surface area (Å²) in [4.78, 5) is 0. The van der Waals surface area contributed by atoms with Gasteiger partial charge >= 0.3 is 0 Å². The topological polar surface area (TPSA) is 21.3 Å². The lowest BCUT2D eigenvalue weighted by Crippen LogP contribution is -2.04. The highest BCUT2D eigenvalue weighted by Crippen LogP contribution is 2.27. The van der Waals surface area contributed by atoms with E-state index in [0.717, 1.165) is 22.0 Å². The first kappa shape index (κ1) is 14.7. The molecule has 0 heterocycles. The van der Waals surface area contributed by atoms with Gasteiger partial charge in [-0.25, -0.2) is 0 Å². The normalized spacial score (nSPS) is 10.7. The van der Waals surface area contributed by atoms with Gasteiger partial charge in [0.2, 0.25) is 0 Å². The highest BCUT2D eigenvalue weighted by atomic mass is 35.5. The predicted octanol–water partition coefficient (Wildman–Crippen LogP) is 5.08. The molecular formula is C17H20ClNO. The molecule has 0 unspecified atom stereocenters. The number of rotatable bonds is 5. The molecule has 0 saturated heterocycles. The van der Waals surface area contributed by atoms with Gasteiger partial charge < -0.3 is 10.1 Å². The molecule has 2 aromatic rings. The summed E-state index contributed by atoms with van der Waals surface area (Å²) in [6.07, 6.45) is 0. The van der Waals surface area contributed by atoms with Crippen LogP contribution in [-0.4, -0.2) is 7.11 Å². The van der Waals surface area contributed by atoms with Crippen molar-refractivity contribution in [1.29, 1.82) is 0 Å². The van der Waals surface area contributed by atoms with Crippen LogP contribution in [-0.2, 0) is 6.54 Å². The van der Waals surface area contributed by atoms with Crippen LogP contribution in [0.25, 0.3) is 0 Å². The lowest BCUT2D eigenvalue weighted by molar-refractivity contribution is 0.410. The summed E-state index contributed by atoms with van der Waals surface area (Å²) >= 11 is 6.05. The largest absolute Gasteiger partial charge is 0.496 e. The SMILES string of the molecule is COc1ccc(Cl)cc1CNc1ccccc1C(C)C. The standard InChI is InChI=1S/C17H20ClNO/c1-12(2)15-6-4-5-7-16(15)19-11-13-10-14(18)8-9-17(13)20-3/h4-10,12,19H,11H2,1-3H3. The van der Waals surface area contributed by atoms with Crippen molar-refractivity contribution < 1.29 is 4.74 Å². The van der Waals surface area contributed by atoms with E-state index in [9.17, 15) is 0 Å². The maximum Gasteiger partial charge on any atom is 0.123 e. The fraction of sp³-hybridized carbons (Fsp3) is 0.294. The van der Waals surface area contributed by atoms with Crippen molar-refractivity contribution in [2.75, 3.05) is 12.4 Å². The molecule has 0 bridgehead atoms. The average Bonchev–Trinajstić information content (AvgIpc) is 2.45. The average molecular weight is 290 g/mol. The Morgan fingerprint density at radius 3 is 2.60 bits per heavy atom. The number of anilines is 1. The summed E-state index contributed by atoms with van der Waals surface area (Å²) in [5, 5.41) is 4.20. The van der Waals surface area contributed by atoms with Crippen LogP contribution in [0.2, 0.25) is 5.02 Å². The van der Waals surface area contributed by atoms with Crippen LogP contribution in [0.1, 0.15) is 30.9 Å². The molecule has 0 aliphatic rings. The predicted molar refractivity (Wildman–Crippen MR) is 85.9 cm³/mol. The van der Waals surface area contributed by atoms with Gasteiger partial charge in [-0.15, -0.1) is 0 Å². The number of benzene rings is 2. The van der Waals surface area contributed by atoms with Gasteiger partial charge in [0, 0.05) is 22.8 Å². The molecule has 0 spiro atoms. The van der Waals surface area contributed by atoms with E-state index < -0.39 is 0 Å². The molecule has 0 radical (unpaired) electrons. The van der Waals surface area contributed by atoms with E-state index in [1.807, 2.05) is 24.3 Å². The molecule has 1 N–H and O–H groups in total. The highest BCUT2D eigenvalue weighted by molar-refractivity contribution is 6.30. The Morgan fingerprint density at radius 1 is 1.15 bits per heavy atom. The summed E-state index contributed by atoms with van der Waals surface area (Å²) in [5.41, 5.74) is 3.52. The number of methoxy groups -OCH3 is 1. The summed E-state index contributed by atoms with van der Waals surface area (Å²) < 4.78 is 5.37. The molecule has 0 fully saturated rings. The first-order valence-electron chi connectivity index (χ1n) is 6.77. The fourth-order valence-electron chi connectivity index (χ4n) is 2.24. The van der Waals surface area contributed by atoms with Gasteiger partial charge in [-0.3, -0.25) is 0 Å². The summed E-state index contributed by atoms with van der Waals surface area (Å²) in [6.45, 7) is 5.08. The van der Waals surface area contributed by atoms with E-state index in [4.69, 9.17) is 16.3 Å². The van der Waals surface area contributed by atoms with Crippen LogP contribution in [0.5, 0.6) is 5.75 Å². The second-order valence-corrected chi connectivity index (χ2v) is 5.49. The highest BCUT2D eigenvalue weighted by Gasteiger charge is 2.07. The number of halogens is 1. The molecule has 0 atom stereocenters. The summed E-state index contributed by atoms with van der Waals surface area (Å²) in [7, 11) is 1.68. The van der Waals surface area contributed by atoms with Gasteiger partial charge in [-0.1, -0.05) is 43.6 Å². The van der Waals surface area contributed by atoms with E-state index in [1.54, 1.807) is 7.11 Å². The summed E-state index contributed by atoms with van der Waals surface area (Å²) in [6, 6.07) is 14.0. The third-order valence-corrected chi connectivity index (χ3v) is 3.53. The van der Waals surface area contributed by atoms with Crippen molar-refractivity contribution in [1.82, 2.24) is 0 Å². The smallest absolute Gasteiger partial charge is 0.123 e. The lowest BCUT2D eigenvalue weighted by Gasteiger charge is -2.16. The van der Waals surface area contributed by atoms with Gasteiger partial charge in [-0.05, 0) is 35.7 Å². The molecule has 2 nitrogen and oxygen atoms in total. The van der Waals surface area contributed by atoms with Gasteiger partial charge in [0.05, 0.1) is 7.11 Å². The van der Waals surface area contributed by atoms with E-state index in [-0.39, 0.29) is 0 Å². The zero-order valence-electron chi connectivity index (χ0n) is 12.1. The third kappa shape index (κ3) is 3.45. The van der Waals surface area contributed by atoms with Gasteiger partial charge in [-0.2, -0.15) is 0 Å². The molecule has 0 aliphatic heterocycles. The fourth-order valence-corrected chi connectivity index (χ4v) is 2.43. The van der Waals surface area contributed by atoms with Crippen molar-refractivity contribution in [3.8, 4) is 5.75 Å². The van der Waals surface area contributed by atoms with E-state index in [0.29, 0.717) is 12.5 Å². The molecule has 2 aromatic carbocycles. The molecule has 20 heavy (non-hydrogen) atoms. The Labute approximate surface area is 125 Å². The molecule has 3 heteroatoms. The van der Waals surface area contributed by atoms with Crippen molar-refractivity contribution in [3.63, 3.8) is 0 Å². The molecular weight excluding hydrogens is 270 g/mol. The first-order valence-corrected chi connectivity index (χ1v) is 7.15. The molecule has 2 rings (SSSR count). The van der Waals surface area contributed by atoms with Crippen LogP contribution in [0.4, 0.5) is 5.69 Å². The van der Waals surface area contributed by atoms with Crippen LogP contribution >= 0.6 is 11.6 Å². The Kier molecular flexibility index (Phi) is 4.91. The Morgan fingerprint density at radius 2 is 1.90 bits per heavy atom. The van der Waals surface area contributed by atoms with Crippen molar-refractivity contribution >= 4 is 17.3 Å². The third-order valence-electron chi connectivity index (χ3n) is 3.29. The number of para-hydroxylation sites is 1. The Balaban J connectivity index is 2.19. The van der Waals surface area contributed by atoms with Crippen molar-refractivity contribution in [3.05, 3.63) is 58.6 Å². The minimum absolute atomic E-state index is 0.486. The molecule has 0 amide bonds. The van der Waals surface area contributed by atoms with Crippen LogP contribution < -0.4 is 10.1 Å². The van der Waals surface area contributed by atoms with Gasteiger partial charge in [0.15, 0.2) is 0 Å². The lowest BCUT2D eigenvalue weighted by atomic mass is 10.0. The number of hydrogen-bond donors (Lipinski definition) is 1. The number of nitrogens with one attached hydrogen (secondary N) is 1. The number of ether oxygens (including phenoxy) is 1. The first-order chi connectivity index (χ1) is 9.61. The number of hydrogen-bond acceptors (Lipinski definition) is 2. The maximum absolute atomic E-state index is 6.05. The molecule has 106 valence electrons. The minimum Gasteiger partial charge on any atom is -0.496 e. The zero-order valence-corrected chi connectivity index (χ0v) is 12.9. The van der Waals surface area contributed by atoms with Crippen molar-refractivity contribution in [2.24, 2.45) is 0 Å². The minimum atomic E-state index is 0.486. The summed E-state index contributed by atoms with van der Waals surface area (Å²) in [5.74, 6) is 1.34. The van der Waals surface area contributed by atoms with Gasteiger partial charge in [0.1, 0.15) is 5.75 Å². The van der Waals surface area contributed by atoms with Crippen molar-refractivity contribution in [2.45, 2.75) is 26.3 Å².